The van der Waals surface area contributed by atoms with Crippen molar-refractivity contribution in [3.05, 3.63) is 18.2 Å². The number of rotatable bonds is 5. The van der Waals surface area contributed by atoms with Crippen LogP contribution < -0.4 is 14.8 Å². The summed E-state index contributed by atoms with van der Waals surface area (Å²) in [5.74, 6) is 1.18. The lowest BCUT2D eigenvalue weighted by Gasteiger charge is -2.34. The minimum Gasteiger partial charge on any atom is -0.493 e. The maximum atomic E-state index is 12.2. The average Bonchev–Trinajstić information content (AvgIpc) is 2.45. The minimum absolute atomic E-state index is 0.0477. The Hall–Kier alpha value is -1.79. The fourth-order valence-electron chi connectivity index (χ4n) is 2.73. The summed E-state index contributed by atoms with van der Waals surface area (Å²) in [7, 11) is 3.15. The zero-order chi connectivity index (χ0) is 16.1. The van der Waals surface area contributed by atoms with Crippen LogP contribution in [0.1, 0.15) is 13.8 Å². The van der Waals surface area contributed by atoms with E-state index in [4.69, 9.17) is 14.2 Å². The number of nitrogens with zero attached hydrogens (tertiary/aromatic N) is 1. The molecule has 2 atom stereocenters. The van der Waals surface area contributed by atoms with Crippen LogP contribution in [-0.2, 0) is 9.53 Å². The molecule has 1 amide bonds. The van der Waals surface area contributed by atoms with E-state index in [0.717, 1.165) is 13.1 Å². The number of morpholine rings is 1. The van der Waals surface area contributed by atoms with Gasteiger partial charge in [-0.15, -0.1) is 0 Å². The lowest BCUT2D eigenvalue weighted by Crippen LogP contribution is -2.48. The third kappa shape index (κ3) is 4.35. The molecule has 0 spiro atoms. The number of amides is 1. The molecule has 0 bridgehead atoms. The standard InChI is InChI=1S/C16H24N2O4/c1-11-8-18(9-12(2)22-11)10-16(19)17-13-5-6-14(20-3)15(7-13)21-4/h5-7,11-12H,8-10H2,1-4H3,(H,17,19). The highest BCUT2D eigenvalue weighted by atomic mass is 16.5. The Balaban J connectivity index is 1.94. The van der Waals surface area contributed by atoms with Gasteiger partial charge in [-0.3, -0.25) is 9.69 Å². The van der Waals surface area contributed by atoms with Crippen LogP contribution in [0.4, 0.5) is 5.69 Å². The Bertz CT molecular complexity index is 511. The Labute approximate surface area is 131 Å². The second-order valence-corrected chi connectivity index (χ2v) is 5.57. The van der Waals surface area contributed by atoms with Crippen molar-refractivity contribution in [3.63, 3.8) is 0 Å². The monoisotopic (exact) mass is 308 g/mol. The number of hydrogen-bond donors (Lipinski definition) is 1. The summed E-state index contributed by atoms with van der Waals surface area (Å²) in [6, 6.07) is 5.32. The lowest BCUT2D eigenvalue weighted by molar-refractivity contribution is -0.121. The molecule has 6 heteroatoms. The van der Waals surface area contributed by atoms with E-state index in [0.29, 0.717) is 23.7 Å². The molecule has 0 saturated carbocycles. The van der Waals surface area contributed by atoms with Crippen LogP contribution in [0.15, 0.2) is 18.2 Å². The van der Waals surface area contributed by atoms with Crippen molar-refractivity contribution >= 4 is 11.6 Å². The van der Waals surface area contributed by atoms with Gasteiger partial charge in [0.05, 0.1) is 33.0 Å². The van der Waals surface area contributed by atoms with Gasteiger partial charge in [0, 0.05) is 24.8 Å². The highest BCUT2D eigenvalue weighted by Gasteiger charge is 2.23. The first-order valence-corrected chi connectivity index (χ1v) is 7.41. The molecule has 2 unspecified atom stereocenters. The molecular weight excluding hydrogens is 284 g/mol. The topological polar surface area (TPSA) is 60.0 Å². The summed E-state index contributed by atoms with van der Waals surface area (Å²) in [6.45, 7) is 5.93. The molecule has 1 saturated heterocycles. The predicted octanol–water partition coefficient (Wildman–Crippen LogP) is 1.75. The number of methoxy groups -OCH3 is 2. The van der Waals surface area contributed by atoms with Gasteiger partial charge in [-0.2, -0.15) is 0 Å². The van der Waals surface area contributed by atoms with Gasteiger partial charge in [-0.1, -0.05) is 0 Å². The normalized spacial score (nSPS) is 22.2. The van der Waals surface area contributed by atoms with Crippen LogP contribution in [0.2, 0.25) is 0 Å². The Kier molecular flexibility index (Phi) is 5.63. The van der Waals surface area contributed by atoms with E-state index in [1.165, 1.54) is 0 Å². The van der Waals surface area contributed by atoms with Gasteiger partial charge in [-0.05, 0) is 26.0 Å². The molecule has 2 rings (SSSR count). The van der Waals surface area contributed by atoms with Gasteiger partial charge < -0.3 is 19.5 Å². The van der Waals surface area contributed by atoms with Gasteiger partial charge in [0.25, 0.3) is 0 Å². The highest BCUT2D eigenvalue weighted by Crippen LogP contribution is 2.29. The molecule has 0 aromatic heterocycles. The van der Waals surface area contributed by atoms with Crippen molar-refractivity contribution < 1.29 is 19.0 Å². The zero-order valence-corrected chi connectivity index (χ0v) is 13.6. The third-order valence-corrected chi connectivity index (χ3v) is 3.53. The van der Waals surface area contributed by atoms with E-state index < -0.39 is 0 Å². The van der Waals surface area contributed by atoms with Gasteiger partial charge in [0.2, 0.25) is 5.91 Å². The fraction of sp³-hybridized carbons (Fsp3) is 0.562. The fourth-order valence-corrected chi connectivity index (χ4v) is 2.73. The van der Waals surface area contributed by atoms with Crippen LogP contribution >= 0.6 is 0 Å². The molecule has 1 fully saturated rings. The van der Waals surface area contributed by atoms with Crippen LogP contribution in [0.3, 0.4) is 0 Å². The number of benzene rings is 1. The molecule has 22 heavy (non-hydrogen) atoms. The smallest absolute Gasteiger partial charge is 0.238 e. The second kappa shape index (κ2) is 7.47. The number of anilines is 1. The quantitative estimate of drug-likeness (QED) is 0.898. The summed E-state index contributed by atoms with van der Waals surface area (Å²) in [6.07, 6.45) is 0.301. The number of carbonyl (C=O) groups is 1. The van der Waals surface area contributed by atoms with Crippen LogP contribution in [-0.4, -0.2) is 56.9 Å². The number of hydrogen-bond acceptors (Lipinski definition) is 5. The highest BCUT2D eigenvalue weighted by molar-refractivity contribution is 5.92. The summed E-state index contributed by atoms with van der Waals surface area (Å²) in [5, 5.41) is 2.89. The molecule has 1 N–H and O–H groups in total. The molecule has 1 heterocycles. The Morgan fingerprint density at radius 3 is 2.45 bits per heavy atom. The molecule has 1 aliphatic rings. The molecular formula is C16H24N2O4. The molecule has 6 nitrogen and oxygen atoms in total. The maximum Gasteiger partial charge on any atom is 0.238 e. The Morgan fingerprint density at radius 2 is 1.86 bits per heavy atom. The van der Waals surface area contributed by atoms with Gasteiger partial charge in [-0.25, -0.2) is 0 Å². The largest absolute Gasteiger partial charge is 0.493 e. The van der Waals surface area contributed by atoms with E-state index in [1.807, 2.05) is 13.8 Å². The summed E-state index contributed by atoms with van der Waals surface area (Å²) >= 11 is 0. The minimum atomic E-state index is -0.0477. The van der Waals surface area contributed by atoms with E-state index in [-0.39, 0.29) is 18.1 Å². The lowest BCUT2D eigenvalue weighted by atomic mass is 10.2. The first-order valence-electron chi connectivity index (χ1n) is 7.41. The molecule has 0 aliphatic carbocycles. The number of carbonyl (C=O) groups excluding carboxylic acids is 1. The van der Waals surface area contributed by atoms with Crippen LogP contribution in [0.5, 0.6) is 11.5 Å². The van der Waals surface area contributed by atoms with E-state index >= 15 is 0 Å². The Morgan fingerprint density at radius 1 is 1.23 bits per heavy atom. The van der Waals surface area contributed by atoms with Gasteiger partial charge in [0.1, 0.15) is 0 Å². The predicted molar refractivity (Wildman–Crippen MR) is 84.6 cm³/mol. The molecule has 1 aromatic carbocycles. The first kappa shape index (κ1) is 16.6. The molecule has 1 aromatic rings. The van der Waals surface area contributed by atoms with Crippen molar-refractivity contribution in [1.29, 1.82) is 0 Å². The SMILES string of the molecule is COc1ccc(NC(=O)CN2CC(C)OC(C)C2)cc1OC. The molecule has 122 valence electrons. The van der Waals surface area contributed by atoms with Crippen molar-refractivity contribution in [2.24, 2.45) is 0 Å². The van der Waals surface area contributed by atoms with Crippen molar-refractivity contribution in [1.82, 2.24) is 4.90 Å². The number of nitrogens with one attached hydrogen (secondary N) is 1. The van der Waals surface area contributed by atoms with E-state index in [9.17, 15) is 4.79 Å². The van der Waals surface area contributed by atoms with Crippen molar-refractivity contribution in [2.75, 3.05) is 39.2 Å². The maximum absolute atomic E-state index is 12.2. The second-order valence-electron chi connectivity index (χ2n) is 5.57. The summed E-state index contributed by atoms with van der Waals surface area (Å²) < 4.78 is 16.1. The van der Waals surface area contributed by atoms with E-state index in [2.05, 4.69) is 10.2 Å². The van der Waals surface area contributed by atoms with Crippen molar-refractivity contribution in [3.8, 4) is 11.5 Å². The first-order chi connectivity index (χ1) is 10.5. The molecule has 1 aliphatic heterocycles. The van der Waals surface area contributed by atoms with Crippen LogP contribution in [0, 0.1) is 0 Å². The third-order valence-electron chi connectivity index (χ3n) is 3.53. The summed E-state index contributed by atoms with van der Waals surface area (Å²) in [5.41, 5.74) is 0.692. The molecule has 0 radical (unpaired) electrons. The number of ether oxygens (including phenoxy) is 3. The van der Waals surface area contributed by atoms with Crippen molar-refractivity contribution in [2.45, 2.75) is 26.1 Å². The zero-order valence-electron chi connectivity index (χ0n) is 13.6. The van der Waals surface area contributed by atoms with Crippen LogP contribution in [0.25, 0.3) is 0 Å². The summed E-state index contributed by atoms with van der Waals surface area (Å²) in [4.78, 5) is 14.3. The average molecular weight is 308 g/mol. The van der Waals surface area contributed by atoms with Gasteiger partial charge >= 0.3 is 0 Å². The van der Waals surface area contributed by atoms with Gasteiger partial charge in [0.15, 0.2) is 11.5 Å². The van der Waals surface area contributed by atoms with E-state index in [1.54, 1.807) is 32.4 Å².